The highest BCUT2D eigenvalue weighted by Crippen LogP contribution is 2.27. The van der Waals surface area contributed by atoms with Gasteiger partial charge >= 0.3 is 0 Å². The zero-order chi connectivity index (χ0) is 20.0. The van der Waals surface area contributed by atoms with Gasteiger partial charge in [0.1, 0.15) is 12.3 Å². The summed E-state index contributed by atoms with van der Waals surface area (Å²) < 4.78 is 30.5. The van der Waals surface area contributed by atoms with Gasteiger partial charge in [-0.1, -0.05) is 42.8 Å². The molecule has 8 heteroatoms. The molecule has 0 fully saturated rings. The van der Waals surface area contributed by atoms with Crippen molar-refractivity contribution in [1.29, 1.82) is 0 Å². The molecule has 2 aromatic carbocycles. The Morgan fingerprint density at radius 3 is 2.33 bits per heavy atom. The zero-order valence-electron chi connectivity index (χ0n) is 15.5. The van der Waals surface area contributed by atoms with Crippen molar-refractivity contribution < 1.29 is 17.9 Å². The molecule has 2 rings (SSSR count). The molecule has 0 heterocycles. The average Bonchev–Trinajstić information content (AvgIpc) is 2.64. The third-order valence-corrected chi connectivity index (χ3v) is 5.52. The molecule has 0 aliphatic carbocycles. The second-order valence-electron chi connectivity index (χ2n) is 6.02. The Labute approximate surface area is 165 Å². The van der Waals surface area contributed by atoms with Crippen LogP contribution in [0.5, 0.6) is 5.75 Å². The number of ether oxygens (including phenoxy) is 1. The Morgan fingerprint density at radius 2 is 1.81 bits per heavy atom. The molecule has 0 aliphatic heterocycles. The minimum Gasteiger partial charge on any atom is -0.497 e. The Kier molecular flexibility index (Phi) is 7.10. The van der Waals surface area contributed by atoms with Gasteiger partial charge in [0.15, 0.2) is 0 Å². The first-order valence-electron chi connectivity index (χ1n) is 8.41. The van der Waals surface area contributed by atoms with Crippen LogP contribution in [0.1, 0.15) is 24.9 Å². The first-order chi connectivity index (χ1) is 12.8. The van der Waals surface area contributed by atoms with E-state index in [0.717, 1.165) is 21.9 Å². The normalized spacial score (nSPS) is 12.3. The number of carbonyl (C=O) groups is 1. The molecule has 146 valence electrons. The first kappa shape index (κ1) is 21.1. The molecule has 2 aromatic rings. The first-order valence-corrected chi connectivity index (χ1v) is 10.6. The standard InChI is InChI=1S/C19H23ClN2O4S/c1-4-17(14-9-11-15(26-2)12-10-14)21-19(23)13-22(27(3,24)25)18-8-6-5-7-16(18)20/h5-12,17H,4,13H2,1-3H3,(H,21,23). The van der Waals surface area contributed by atoms with Crippen LogP contribution in [-0.4, -0.2) is 34.2 Å². The summed E-state index contributed by atoms with van der Waals surface area (Å²) in [5, 5.41) is 3.15. The van der Waals surface area contributed by atoms with Crippen LogP contribution in [0.25, 0.3) is 0 Å². The van der Waals surface area contributed by atoms with E-state index in [4.69, 9.17) is 16.3 Å². The molecule has 0 bridgehead atoms. The lowest BCUT2D eigenvalue weighted by Gasteiger charge is -2.24. The molecular weight excluding hydrogens is 388 g/mol. The molecule has 1 N–H and O–H groups in total. The molecule has 1 atom stereocenters. The summed E-state index contributed by atoms with van der Waals surface area (Å²) in [6.45, 7) is 1.59. The largest absolute Gasteiger partial charge is 0.497 e. The van der Waals surface area contributed by atoms with Crippen LogP contribution in [0, 0.1) is 0 Å². The van der Waals surface area contributed by atoms with E-state index < -0.39 is 15.9 Å². The quantitative estimate of drug-likeness (QED) is 0.723. The van der Waals surface area contributed by atoms with Crippen molar-refractivity contribution in [2.45, 2.75) is 19.4 Å². The van der Waals surface area contributed by atoms with Gasteiger partial charge in [-0.3, -0.25) is 9.10 Å². The molecule has 0 radical (unpaired) electrons. The maximum atomic E-state index is 12.6. The fourth-order valence-electron chi connectivity index (χ4n) is 2.66. The Hall–Kier alpha value is -2.25. The molecule has 0 aromatic heterocycles. The van der Waals surface area contributed by atoms with Gasteiger partial charge in [-0.25, -0.2) is 8.42 Å². The molecule has 1 amide bonds. The topological polar surface area (TPSA) is 75.7 Å². The van der Waals surface area contributed by atoms with E-state index in [1.165, 1.54) is 0 Å². The predicted molar refractivity (Wildman–Crippen MR) is 108 cm³/mol. The summed E-state index contributed by atoms with van der Waals surface area (Å²) in [5.74, 6) is 0.310. The van der Waals surface area contributed by atoms with Gasteiger partial charge in [0.2, 0.25) is 15.9 Å². The van der Waals surface area contributed by atoms with Crippen molar-refractivity contribution in [3.05, 3.63) is 59.1 Å². The fraction of sp³-hybridized carbons (Fsp3) is 0.316. The monoisotopic (exact) mass is 410 g/mol. The number of anilines is 1. The maximum absolute atomic E-state index is 12.6. The highest BCUT2D eigenvalue weighted by atomic mass is 35.5. The number of methoxy groups -OCH3 is 1. The number of rotatable bonds is 8. The number of para-hydroxylation sites is 1. The van der Waals surface area contributed by atoms with E-state index in [0.29, 0.717) is 6.42 Å². The molecule has 0 aliphatic rings. The summed E-state index contributed by atoms with van der Waals surface area (Å²) in [4.78, 5) is 12.6. The molecular formula is C19H23ClN2O4S. The van der Waals surface area contributed by atoms with Gasteiger partial charge in [0, 0.05) is 0 Å². The van der Waals surface area contributed by atoms with Crippen LogP contribution in [-0.2, 0) is 14.8 Å². The molecule has 0 spiro atoms. The fourth-order valence-corrected chi connectivity index (χ4v) is 3.82. The summed E-state index contributed by atoms with van der Waals surface area (Å²) in [6.07, 6.45) is 1.70. The second kappa shape index (κ2) is 9.10. The average molecular weight is 411 g/mol. The van der Waals surface area contributed by atoms with Gasteiger partial charge in [-0.2, -0.15) is 0 Å². The zero-order valence-corrected chi connectivity index (χ0v) is 17.0. The third-order valence-electron chi connectivity index (χ3n) is 4.07. The van der Waals surface area contributed by atoms with Gasteiger partial charge in [-0.15, -0.1) is 0 Å². The predicted octanol–water partition coefficient (Wildman–Crippen LogP) is 3.38. The Bertz CT molecular complexity index is 885. The number of benzene rings is 2. The minimum atomic E-state index is -3.68. The Balaban J connectivity index is 2.18. The van der Waals surface area contributed by atoms with Crippen molar-refractivity contribution >= 4 is 33.2 Å². The summed E-state index contributed by atoms with van der Waals surface area (Å²) in [7, 11) is -2.09. The van der Waals surface area contributed by atoms with Gasteiger partial charge in [0.05, 0.1) is 30.1 Å². The van der Waals surface area contributed by atoms with Gasteiger partial charge in [-0.05, 0) is 36.2 Å². The number of nitrogens with zero attached hydrogens (tertiary/aromatic N) is 1. The lowest BCUT2D eigenvalue weighted by molar-refractivity contribution is -0.120. The van der Waals surface area contributed by atoms with Gasteiger partial charge < -0.3 is 10.1 Å². The minimum absolute atomic E-state index is 0.240. The van der Waals surface area contributed by atoms with Crippen molar-refractivity contribution in [3.63, 3.8) is 0 Å². The summed E-state index contributed by atoms with van der Waals surface area (Å²) >= 11 is 6.12. The van der Waals surface area contributed by atoms with Crippen molar-refractivity contribution in [3.8, 4) is 5.75 Å². The smallest absolute Gasteiger partial charge is 0.241 e. The number of sulfonamides is 1. The highest BCUT2D eigenvalue weighted by molar-refractivity contribution is 7.92. The van der Waals surface area contributed by atoms with E-state index >= 15 is 0 Å². The molecule has 0 saturated carbocycles. The number of hydrogen-bond acceptors (Lipinski definition) is 4. The number of halogens is 1. The third kappa shape index (κ3) is 5.61. The number of nitrogens with one attached hydrogen (secondary N) is 1. The van der Waals surface area contributed by atoms with Crippen molar-refractivity contribution in [2.75, 3.05) is 24.2 Å². The molecule has 0 saturated heterocycles. The van der Waals surface area contributed by atoms with Crippen LogP contribution in [0.4, 0.5) is 5.69 Å². The van der Waals surface area contributed by atoms with E-state index in [1.807, 2.05) is 31.2 Å². The van der Waals surface area contributed by atoms with Crippen LogP contribution in [0.2, 0.25) is 5.02 Å². The number of hydrogen-bond donors (Lipinski definition) is 1. The van der Waals surface area contributed by atoms with E-state index in [1.54, 1.807) is 31.4 Å². The van der Waals surface area contributed by atoms with E-state index in [9.17, 15) is 13.2 Å². The van der Waals surface area contributed by atoms with Crippen molar-refractivity contribution in [2.24, 2.45) is 0 Å². The van der Waals surface area contributed by atoms with E-state index in [2.05, 4.69) is 5.32 Å². The SMILES string of the molecule is CCC(NC(=O)CN(c1ccccc1Cl)S(C)(=O)=O)c1ccc(OC)cc1. The highest BCUT2D eigenvalue weighted by Gasteiger charge is 2.24. The Morgan fingerprint density at radius 1 is 1.19 bits per heavy atom. The van der Waals surface area contributed by atoms with Crippen LogP contribution >= 0.6 is 11.6 Å². The van der Waals surface area contributed by atoms with Gasteiger partial charge in [0.25, 0.3) is 0 Å². The molecule has 6 nitrogen and oxygen atoms in total. The number of amides is 1. The lowest BCUT2D eigenvalue weighted by atomic mass is 10.0. The summed E-state index contributed by atoms with van der Waals surface area (Å²) in [5.41, 5.74) is 1.18. The lowest BCUT2D eigenvalue weighted by Crippen LogP contribution is -2.41. The maximum Gasteiger partial charge on any atom is 0.241 e. The molecule has 27 heavy (non-hydrogen) atoms. The summed E-state index contributed by atoms with van der Waals surface area (Å²) in [6, 6.07) is 13.7. The molecule has 1 unspecified atom stereocenters. The van der Waals surface area contributed by atoms with Crippen LogP contribution in [0.15, 0.2) is 48.5 Å². The van der Waals surface area contributed by atoms with Crippen LogP contribution < -0.4 is 14.4 Å². The van der Waals surface area contributed by atoms with Crippen LogP contribution in [0.3, 0.4) is 0 Å². The van der Waals surface area contributed by atoms with E-state index in [-0.39, 0.29) is 23.3 Å². The number of carbonyl (C=O) groups excluding carboxylic acids is 1. The van der Waals surface area contributed by atoms with Crippen molar-refractivity contribution in [1.82, 2.24) is 5.32 Å². The second-order valence-corrected chi connectivity index (χ2v) is 8.34.